The largest absolute Gasteiger partial charge is 0.338 e. The first-order valence-corrected chi connectivity index (χ1v) is 9.69. The molecule has 1 aromatic heterocycles. The fourth-order valence-corrected chi connectivity index (χ4v) is 4.05. The van der Waals surface area contributed by atoms with Crippen LogP contribution in [0.3, 0.4) is 0 Å². The second-order valence-corrected chi connectivity index (χ2v) is 7.81. The molecule has 0 saturated carbocycles. The molecule has 1 N–H and O–H groups in total. The highest BCUT2D eigenvalue weighted by Gasteiger charge is 2.38. The van der Waals surface area contributed by atoms with Gasteiger partial charge in [-0.05, 0) is 48.7 Å². The first kappa shape index (κ1) is 18.9. The maximum absolute atomic E-state index is 13.1. The predicted molar refractivity (Wildman–Crippen MR) is 107 cm³/mol. The molecule has 1 aromatic carbocycles. The van der Waals surface area contributed by atoms with Crippen molar-refractivity contribution in [2.75, 3.05) is 18.0 Å². The minimum absolute atomic E-state index is 0.0416. The number of nitrogens with one attached hydrogen (secondary N) is 1. The van der Waals surface area contributed by atoms with Crippen molar-refractivity contribution in [3.63, 3.8) is 0 Å². The van der Waals surface area contributed by atoms with Gasteiger partial charge in [-0.15, -0.1) is 0 Å². The number of aromatic nitrogens is 1. The van der Waals surface area contributed by atoms with Crippen LogP contribution < -0.4 is 10.5 Å². The SMILES string of the molecule is Cc1ccc(N2C[C@@H](C(=O)N3CCc4[nH]c(=O)c(C#N)cc4C3)CC2=O)cc1C. The second kappa shape index (κ2) is 7.21. The normalized spacial score (nSPS) is 18.5. The summed E-state index contributed by atoms with van der Waals surface area (Å²) in [6.45, 7) is 5.23. The van der Waals surface area contributed by atoms with E-state index in [2.05, 4.69) is 4.98 Å². The van der Waals surface area contributed by atoms with E-state index in [0.29, 0.717) is 26.1 Å². The van der Waals surface area contributed by atoms with Crippen LogP contribution in [0.2, 0.25) is 0 Å². The smallest absolute Gasteiger partial charge is 0.266 e. The van der Waals surface area contributed by atoms with Crippen molar-refractivity contribution in [3.8, 4) is 6.07 Å². The minimum atomic E-state index is -0.392. The fraction of sp³-hybridized carbons (Fsp3) is 0.364. The topological polar surface area (TPSA) is 97.3 Å². The van der Waals surface area contributed by atoms with Gasteiger partial charge in [0.15, 0.2) is 0 Å². The summed E-state index contributed by atoms with van der Waals surface area (Å²) in [5, 5.41) is 9.08. The minimum Gasteiger partial charge on any atom is -0.338 e. The number of nitriles is 1. The van der Waals surface area contributed by atoms with E-state index in [1.807, 2.05) is 38.1 Å². The van der Waals surface area contributed by atoms with Gasteiger partial charge in [0.05, 0.1) is 5.92 Å². The molecule has 2 aliphatic heterocycles. The molecule has 3 heterocycles. The Kier molecular flexibility index (Phi) is 4.71. The van der Waals surface area contributed by atoms with Gasteiger partial charge in [0.25, 0.3) is 5.56 Å². The van der Waals surface area contributed by atoms with Crippen molar-refractivity contribution in [2.45, 2.75) is 33.2 Å². The van der Waals surface area contributed by atoms with Gasteiger partial charge in [-0.2, -0.15) is 5.26 Å². The summed E-state index contributed by atoms with van der Waals surface area (Å²) < 4.78 is 0. The van der Waals surface area contributed by atoms with Crippen molar-refractivity contribution in [3.05, 3.63) is 62.6 Å². The summed E-state index contributed by atoms with van der Waals surface area (Å²) in [6.07, 6.45) is 0.730. The van der Waals surface area contributed by atoms with E-state index in [1.165, 1.54) is 0 Å². The molecule has 0 spiro atoms. The van der Waals surface area contributed by atoms with Crippen molar-refractivity contribution in [1.29, 1.82) is 5.26 Å². The number of hydrogen-bond donors (Lipinski definition) is 1. The molecule has 0 aliphatic carbocycles. The van der Waals surface area contributed by atoms with Crippen LogP contribution in [0.15, 0.2) is 29.1 Å². The second-order valence-electron chi connectivity index (χ2n) is 7.81. The molecule has 1 fully saturated rings. The number of benzene rings is 1. The molecule has 2 aliphatic rings. The van der Waals surface area contributed by atoms with Crippen LogP contribution in [0.1, 0.15) is 34.4 Å². The number of aromatic amines is 1. The van der Waals surface area contributed by atoms with Crippen LogP contribution in [-0.4, -0.2) is 34.8 Å². The number of hydrogen-bond acceptors (Lipinski definition) is 4. The summed E-state index contributed by atoms with van der Waals surface area (Å²) in [5.74, 6) is -0.482. The van der Waals surface area contributed by atoms with Gasteiger partial charge in [0.1, 0.15) is 11.6 Å². The molecule has 29 heavy (non-hydrogen) atoms. The monoisotopic (exact) mass is 390 g/mol. The maximum atomic E-state index is 13.1. The van der Waals surface area contributed by atoms with Crippen LogP contribution in [0, 0.1) is 31.1 Å². The van der Waals surface area contributed by atoms with Crippen LogP contribution in [-0.2, 0) is 22.6 Å². The number of carbonyl (C=O) groups is 2. The third kappa shape index (κ3) is 3.42. The number of aryl methyl sites for hydroxylation is 2. The highest BCUT2D eigenvalue weighted by Crippen LogP contribution is 2.29. The lowest BCUT2D eigenvalue weighted by Crippen LogP contribution is -2.41. The van der Waals surface area contributed by atoms with Crippen molar-refractivity contribution < 1.29 is 9.59 Å². The van der Waals surface area contributed by atoms with Gasteiger partial charge >= 0.3 is 0 Å². The molecule has 7 nitrogen and oxygen atoms in total. The Balaban J connectivity index is 1.51. The number of carbonyl (C=O) groups excluding carboxylic acids is 2. The molecular formula is C22H22N4O3. The molecule has 7 heteroatoms. The predicted octanol–water partition coefficient (Wildman–Crippen LogP) is 1.80. The zero-order valence-electron chi connectivity index (χ0n) is 16.5. The Morgan fingerprint density at radius 1 is 1.21 bits per heavy atom. The quantitative estimate of drug-likeness (QED) is 0.845. The molecule has 0 unspecified atom stereocenters. The van der Waals surface area contributed by atoms with Crippen molar-refractivity contribution in [2.24, 2.45) is 5.92 Å². The lowest BCUT2D eigenvalue weighted by atomic mass is 10.0. The first-order valence-electron chi connectivity index (χ1n) is 9.69. The number of fused-ring (bicyclic) bond motifs is 1. The molecule has 148 valence electrons. The van der Waals surface area contributed by atoms with E-state index >= 15 is 0 Å². The number of pyridine rings is 1. The van der Waals surface area contributed by atoms with Crippen molar-refractivity contribution >= 4 is 17.5 Å². The van der Waals surface area contributed by atoms with Gasteiger partial charge in [-0.25, -0.2) is 0 Å². The highest BCUT2D eigenvalue weighted by atomic mass is 16.2. The van der Waals surface area contributed by atoms with E-state index in [0.717, 1.165) is 28.1 Å². The fourth-order valence-electron chi connectivity index (χ4n) is 4.05. The Morgan fingerprint density at radius 3 is 2.72 bits per heavy atom. The Bertz CT molecular complexity index is 1110. The van der Waals surface area contributed by atoms with Gasteiger partial charge in [-0.1, -0.05) is 6.07 Å². The number of nitrogens with zero attached hydrogens (tertiary/aromatic N) is 3. The van der Waals surface area contributed by atoms with E-state index in [4.69, 9.17) is 5.26 Å². The number of rotatable bonds is 2. The standard InChI is InChI=1S/C22H22N4O3/c1-13-3-4-18(7-14(13)2)26-12-17(9-20(26)27)22(29)25-6-5-19-16(11-25)8-15(10-23)21(28)24-19/h3-4,7-8,17H,5-6,9,11-12H2,1-2H3,(H,24,28)/t17-/m0/s1. The highest BCUT2D eigenvalue weighted by molar-refractivity contribution is 6.00. The van der Waals surface area contributed by atoms with Gasteiger partial charge < -0.3 is 14.8 Å². The van der Waals surface area contributed by atoms with Crippen LogP contribution >= 0.6 is 0 Å². The number of H-pyrrole nitrogens is 1. The third-order valence-corrected chi connectivity index (χ3v) is 5.92. The summed E-state index contributed by atoms with van der Waals surface area (Å²) >= 11 is 0. The molecule has 1 atom stereocenters. The lowest BCUT2D eigenvalue weighted by Gasteiger charge is -2.30. The number of amides is 2. The van der Waals surface area contributed by atoms with Crippen LogP contribution in [0.5, 0.6) is 0 Å². The van der Waals surface area contributed by atoms with Crippen LogP contribution in [0.25, 0.3) is 0 Å². The zero-order chi connectivity index (χ0) is 20.7. The molecule has 0 radical (unpaired) electrons. The van der Waals surface area contributed by atoms with Crippen LogP contribution in [0.4, 0.5) is 5.69 Å². The lowest BCUT2D eigenvalue weighted by molar-refractivity contribution is -0.136. The zero-order valence-corrected chi connectivity index (χ0v) is 16.5. The summed E-state index contributed by atoms with van der Waals surface area (Å²) in [5.41, 5.74) is 4.32. The number of anilines is 1. The molecular weight excluding hydrogens is 368 g/mol. The van der Waals surface area contributed by atoms with Gasteiger partial charge in [0.2, 0.25) is 11.8 Å². The molecule has 1 saturated heterocycles. The van der Waals surface area contributed by atoms with E-state index in [9.17, 15) is 14.4 Å². The van der Waals surface area contributed by atoms with Gasteiger partial charge in [-0.3, -0.25) is 14.4 Å². The third-order valence-electron chi connectivity index (χ3n) is 5.92. The average molecular weight is 390 g/mol. The first-order chi connectivity index (χ1) is 13.9. The Labute approximate surface area is 168 Å². The summed E-state index contributed by atoms with van der Waals surface area (Å²) in [7, 11) is 0. The van der Waals surface area contributed by atoms with E-state index in [-0.39, 0.29) is 29.7 Å². The maximum Gasteiger partial charge on any atom is 0.266 e. The molecule has 2 aromatic rings. The summed E-state index contributed by atoms with van der Waals surface area (Å²) in [4.78, 5) is 43.6. The van der Waals surface area contributed by atoms with E-state index in [1.54, 1.807) is 15.9 Å². The Hall–Kier alpha value is -3.40. The summed E-state index contributed by atoms with van der Waals surface area (Å²) in [6, 6.07) is 9.34. The Morgan fingerprint density at radius 2 is 2.00 bits per heavy atom. The molecule has 0 bridgehead atoms. The average Bonchev–Trinajstić information content (AvgIpc) is 3.10. The molecule has 4 rings (SSSR count). The van der Waals surface area contributed by atoms with Crippen molar-refractivity contribution in [1.82, 2.24) is 9.88 Å². The van der Waals surface area contributed by atoms with Gasteiger partial charge in [0, 0.05) is 43.9 Å². The van der Waals surface area contributed by atoms with E-state index < -0.39 is 5.56 Å². The molecule has 2 amide bonds.